The number of ether oxygens (including phenoxy) is 1. The van der Waals surface area contributed by atoms with E-state index in [-0.39, 0.29) is 12.0 Å². The minimum Gasteiger partial charge on any atom is -0.396 e. The van der Waals surface area contributed by atoms with Gasteiger partial charge in [0.2, 0.25) is 0 Å². The van der Waals surface area contributed by atoms with Gasteiger partial charge < -0.3 is 9.84 Å². The first-order valence-electron chi connectivity index (χ1n) is 4.86. The fourth-order valence-electron chi connectivity index (χ4n) is 1.50. The Bertz CT molecular complexity index is 126. The van der Waals surface area contributed by atoms with Crippen LogP contribution in [-0.4, -0.2) is 24.4 Å². The van der Waals surface area contributed by atoms with E-state index in [4.69, 9.17) is 9.84 Å². The summed E-state index contributed by atoms with van der Waals surface area (Å²) in [5.41, 5.74) is 0.0753. The first-order chi connectivity index (χ1) is 5.64. The zero-order chi connectivity index (χ0) is 9.03. The molecule has 1 aliphatic rings. The number of hydrogen-bond donors (Lipinski definition) is 1. The van der Waals surface area contributed by atoms with Gasteiger partial charge in [-0.05, 0) is 31.1 Å². The van der Waals surface area contributed by atoms with Crippen molar-refractivity contribution < 1.29 is 9.84 Å². The zero-order valence-corrected chi connectivity index (χ0v) is 8.18. The van der Waals surface area contributed by atoms with Crippen LogP contribution in [0.4, 0.5) is 0 Å². The largest absolute Gasteiger partial charge is 0.396 e. The summed E-state index contributed by atoms with van der Waals surface area (Å²) in [7, 11) is 0. The topological polar surface area (TPSA) is 29.5 Å². The Morgan fingerprint density at radius 2 is 2.25 bits per heavy atom. The lowest BCUT2D eigenvalue weighted by Gasteiger charge is -2.22. The van der Waals surface area contributed by atoms with Crippen LogP contribution in [0.1, 0.15) is 39.5 Å². The van der Waals surface area contributed by atoms with Crippen LogP contribution >= 0.6 is 0 Å². The second-order valence-corrected chi connectivity index (χ2v) is 4.50. The summed E-state index contributed by atoms with van der Waals surface area (Å²) in [6.07, 6.45) is 5.06. The van der Waals surface area contributed by atoms with Crippen molar-refractivity contribution in [2.75, 3.05) is 13.2 Å². The third-order valence-corrected chi connectivity index (χ3v) is 2.60. The van der Waals surface area contributed by atoms with Gasteiger partial charge in [-0.15, -0.1) is 0 Å². The van der Waals surface area contributed by atoms with Crippen molar-refractivity contribution in [2.24, 2.45) is 5.41 Å². The third kappa shape index (κ3) is 3.11. The molecule has 1 N–H and O–H groups in total. The lowest BCUT2D eigenvalue weighted by atomic mass is 9.87. The van der Waals surface area contributed by atoms with Crippen molar-refractivity contribution in [3.8, 4) is 0 Å². The second kappa shape index (κ2) is 4.24. The maximum absolute atomic E-state index is 9.03. The molecule has 2 nitrogen and oxygen atoms in total. The molecule has 1 saturated heterocycles. The first kappa shape index (κ1) is 10.0. The summed E-state index contributed by atoms with van der Waals surface area (Å²) in [6.45, 7) is 5.41. The molecule has 1 rings (SSSR count). The highest BCUT2D eigenvalue weighted by Crippen LogP contribution is 2.26. The lowest BCUT2D eigenvalue weighted by molar-refractivity contribution is 0.0780. The van der Waals surface area contributed by atoms with E-state index in [1.165, 1.54) is 12.8 Å². The fourth-order valence-corrected chi connectivity index (χ4v) is 1.50. The van der Waals surface area contributed by atoms with Crippen molar-refractivity contribution in [3.63, 3.8) is 0 Å². The van der Waals surface area contributed by atoms with E-state index in [0.717, 1.165) is 19.4 Å². The normalized spacial score (nSPS) is 24.8. The van der Waals surface area contributed by atoms with Gasteiger partial charge in [-0.2, -0.15) is 0 Å². The molecule has 12 heavy (non-hydrogen) atoms. The average Bonchev–Trinajstić information content (AvgIpc) is 2.53. The van der Waals surface area contributed by atoms with Gasteiger partial charge in [0.15, 0.2) is 0 Å². The Morgan fingerprint density at radius 3 is 2.75 bits per heavy atom. The van der Waals surface area contributed by atoms with Gasteiger partial charge in [0.25, 0.3) is 0 Å². The Balaban J connectivity index is 2.15. The molecule has 0 bridgehead atoms. The molecule has 1 heterocycles. The smallest absolute Gasteiger partial charge is 0.0576 e. The standard InChI is InChI=1S/C10H20O2/c1-10(2,8-11)6-5-9-4-3-7-12-9/h9,11H,3-8H2,1-2H3. The van der Waals surface area contributed by atoms with Gasteiger partial charge >= 0.3 is 0 Å². The molecule has 0 amide bonds. The van der Waals surface area contributed by atoms with E-state index in [9.17, 15) is 0 Å². The van der Waals surface area contributed by atoms with Gasteiger partial charge in [0.1, 0.15) is 0 Å². The first-order valence-corrected chi connectivity index (χ1v) is 4.86. The van der Waals surface area contributed by atoms with E-state index < -0.39 is 0 Å². The maximum atomic E-state index is 9.03. The van der Waals surface area contributed by atoms with Gasteiger partial charge in [-0.25, -0.2) is 0 Å². The molecule has 0 aliphatic carbocycles. The van der Waals surface area contributed by atoms with Crippen molar-refractivity contribution in [3.05, 3.63) is 0 Å². The molecule has 0 saturated carbocycles. The SMILES string of the molecule is CC(C)(CO)CCC1CCCO1. The van der Waals surface area contributed by atoms with Gasteiger partial charge in [0, 0.05) is 13.2 Å². The predicted octanol–water partition coefficient (Wildman–Crippen LogP) is 1.96. The fraction of sp³-hybridized carbons (Fsp3) is 1.00. The number of hydrogen-bond acceptors (Lipinski definition) is 2. The number of aliphatic hydroxyl groups excluding tert-OH is 1. The highest BCUT2D eigenvalue weighted by molar-refractivity contribution is 4.72. The maximum Gasteiger partial charge on any atom is 0.0576 e. The molecule has 0 radical (unpaired) electrons. The molecule has 0 aromatic rings. The van der Waals surface area contributed by atoms with Crippen molar-refractivity contribution in [1.29, 1.82) is 0 Å². The molecule has 2 heteroatoms. The Kier molecular flexibility index (Phi) is 3.53. The Labute approximate surface area is 74.9 Å². The molecule has 72 valence electrons. The zero-order valence-electron chi connectivity index (χ0n) is 8.18. The van der Waals surface area contributed by atoms with Crippen LogP contribution in [0.3, 0.4) is 0 Å². The second-order valence-electron chi connectivity index (χ2n) is 4.50. The molecular weight excluding hydrogens is 152 g/mol. The molecule has 1 fully saturated rings. The molecule has 1 unspecified atom stereocenters. The molecule has 1 atom stereocenters. The summed E-state index contributed by atoms with van der Waals surface area (Å²) in [6, 6.07) is 0. The average molecular weight is 172 g/mol. The lowest BCUT2D eigenvalue weighted by Crippen LogP contribution is -2.19. The molecular formula is C10H20O2. The molecule has 1 aliphatic heterocycles. The molecule has 0 spiro atoms. The van der Waals surface area contributed by atoms with Gasteiger partial charge in [0.05, 0.1) is 6.10 Å². The molecule has 0 aromatic carbocycles. The van der Waals surface area contributed by atoms with E-state index in [1.54, 1.807) is 0 Å². The summed E-state index contributed by atoms with van der Waals surface area (Å²) >= 11 is 0. The minimum atomic E-state index is 0.0753. The highest BCUT2D eigenvalue weighted by atomic mass is 16.5. The van der Waals surface area contributed by atoms with Crippen LogP contribution in [-0.2, 0) is 4.74 Å². The van der Waals surface area contributed by atoms with Crippen molar-refractivity contribution in [1.82, 2.24) is 0 Å². The minimum absolute atomic E-state index is 0.0753. The van der Waals surface area contributed by atoms with Crippen LogP contribution in [0.5, 0.6) is 0 Å². The molecule has 0 aromatic heterocycles. The van der Waals surface area contributed by atoms with Crippen LogP contribution in [0, 0.1) is 5.41 Å². The van der Waals surface area contributed by atoms with Crippen LogP contribution in [0.2, 0.25) is 0 Å². The van der Waals surface area contributed by atoms with Crippen molar-refractivity contribution in [2.45, 2.75) is 45.6 Å². The van der Waals surface area contributed by atoms with E-state index in [2.05, 4.69) is 13.8 Å². The third-order valence-electron chi connectivity index (χ3n) is 2.60. The monoisotopic (exact) mass is 172 g/mol. The summed E-state index contributed by atoms with van der Waals surface area (Å²) in [4.78, 5) is 0. The van der Waals surface area contributed by atoms with Crippen LogP contribution < -0.4 is 0 Å². The quantitative estimate of drug-likeness (QED) is 0.702. The van der Waals surface area contributed by atoms with E-state index in [0.29, 0.717) is 6.10 Å². The van der Waals surface area contributed by atoms with Gasteiger partial charge in [-0.3, -0.25) is 0 Å². The summed E-state index contributed by atoms with van der Waals surface area (Å²) in [5, 5.41) is 9.03. The Morgan fingerprint density at radius 1 is 1.50 bits per heavy atom. The number of rotatable bonds is 4. The van der Waals surface area contributed by atoms with Crippen molar-refractivity contribution >= 4 is 0 Å². The van der Waals surface area contributed by atoms with E-state index >= 15 is 0 Å². The van der Waals surface area contributed by atoms with Crippen LogP contribution in [0.25, 0.3) is 0 Å². The number of aliphatic hydroxyl groups is 1. The Hall–Kier alpha value is -0.0800. The summed E-state index contributed by atoms with van der Waals surface area (Å²) in [5.74, 6) is 0. The predicted molar refractivity (Wildman–Crippen MR) is 49.1 cm³/mol. The summed E-state index contributed by atoms with van der Waals surface area (Å²) < 4.78 is 5.51. The van der Waals surface area contributed by atoms with Crippen LogP contribution in [0.15, 0.2) is 0 Å². The highest BCUT2D eigenvalue weighted by Gasteiger charge is 2.21. The van der Waals surface area contributed by atoms with E-state index in [1.807, 2.05) is 0 Å². The van der Waals surface area contributed by atoms with Gasteiger partial charge in [-0.1, -0.05) is 13.8 Å².